The highest BCUT2D eigenvalue weighted by Gasteiger charge is 2.36. The average Bonchev–Trinajstić information content (AvgIpc) is 2.91. The summed E-state index contributed by atoms with van der Waals surface area (Å²) in [6, 6.07) is 17.2. The van der Waals surface area contributed by atoms with E-state index in [1.54, 1.807) is 4.57 Å². The van der Waals surface area contributed by atoms with Crippen LogP contribution >= 0.6 is 38.5 Å². The van der Waals surface area contributed by atoms with Gasteiger partial charge >= 0.3 is 4.83 Å². The molecule has 3 aromatic rings. The van der Waals surface area contributed by atoms with Gasteiger partial charge in [-0.15, -0.1) is 0 Å². The van der Waals surface area contributed by atoms with Crippen LogP contribution in [-0.4, -0.2) is 21.8 Å². The average molecular weight is 531 g/mol. The maximum absolute atomic E-state index is 14.5. The van der Waals surface area contributed by atoms with Gasteiger partial charge < -0.3 is 0 Å². The standard InChI is InChI=1S/C20H18BrF2IN2/c1-2-3-13-25-19(20(21,22)23)26-16-12-8-7-11-15(16)17(24)18(26)14-9-5-4-6-10-14/h4-12H,2-3,13H2,1H3. The third kappa shape index (κ3) is 3.86. The second kappa shape index (κ2) is 8.17. The molecule has 0 radical (unpaired) electrons. The Morgan fingerprint density at radius 2 is 1.77 bits per heavy atom. The number of aliphatic imine (C=N–C) groups is 1. The number of para-hydroxylation sites is 1. The smallest absolute Gasteiger partial charge is 0.291 e. The van der Waals surface area contributed by atoms with Crippen molar-refractivity contribution in [2.24, 2.45) is 4.99 Å². The highest BCUT2D eigenvalue weighted by molar-refractivity contribution is 14.1. The van der Waals surface area contributed by atoms with Crippen LogP contribution in [0.25, 0.3) is 22.2 Å². The number of benzene rings is 2. The quantitative estimate of drug-likeness (QED) is 0.112. The molecule has 0 unspecified atom stereocenters. The van der Waals surface area contributed by atoms with E-state index >= 15 is 0 Å². The zero-order valence-electron chi connectivity index (χ0n) is 14.2. The molecule has 26 heavy (non-hydrogen) atoms. The first-order chi connectivity index (χ1) is 12.4. The van der Waals surface area contributed by atoms with Gasteiger partial charge in [-0.3, -0.25) is 9.56 Å². The zero-order chi connectivity index (χ0) is 18.7. The van der Waals surface area contributed by atoms with E-state index in [0.29, 0.717) is 6.54 Å². The summed E-state index contributed by atoms with van der Waals surface area (Å²) >= 11 is 4.78. The molecule has 0 spiro atoms. The van der Waals surface area contributed by atoms with Gasteiger partial charge in [0.05, 0.1) is 11.2 Å². The number of aromatic nitrogens is 1. The van der Waals surface area contributed by atoms with Crippen molar-refractivity contribution in [3.05, 3.63) is 58.2 Å². The first-order valence-corrected chi connectivity index (χ1v) is 10.3. The minimum Gasteiger partial charge on any atom is -0.291 e. The molecular weight excluding hydrogens is 513 g/mol. The van der Waals surface area contributed by atoms with E-state index in [1.807, 2.05) is 61.5 Å². The maximum Gasteiger partial charge on any atom is 0.358 e. The van der Waals surface area contributed by atoms with Crippen LogP contribution in [-0.2, 0) is 0 Å². The monoisotopic (exact) mass is 530 g/mol. The molecular formula is C20H18BrF2IN2. The second-order valence-corrected chi connectivity index (χ2v) is 8.01. The van der Waals surface area contributed by atoms with Crippen molar-refractivity contribution < 1.29 is 8.78 Å². The van der Waals surface area contributed by atoms with Crippen LogP contribution in [0.3, 0.4) is 0 Å². The summed E-state index contributed by atoms with van der Waals surface area (Å²) in [6.45, 7) is 2.38. The van der Waals surface area contributed by atoms with Crippen LogP contribution in [0, 0.1) is 3.57 Å². The van der Waals surface area contributed by atoms with Crippen LogP contribution < -0.4 is 0 Å². The van der Waals surface area contributed by atoms with E-state index in [1.165, 1.54) is 0 Å². The lowest BCUT2D eigenvalue weighted by molar-refractivity contribution is 0.189. The molecule has 136 valence electrons. The Hall–Kier alpha value is -1.28. The molecule has 3 rings (SSSR count). The van der Waals surface area contributed by atoms with E-state index in [9.17, 15) is 8.78 Å². The Balaban J connectivity index is 2.34. The largest absolute Gasteiger partial charge is 0.358 e. The van der Waals surface area contributed by atoms with Gasteiger partial charge in [-0.2, -0.15) is 8.78 Å². The molecule has 0 aliphatic carbocycles. The lowest BCUT2D eigenvalue weighted by atomic mass is 10.1. The summed E-state index contributed by atoms with van der Waals surface area (Å²) in [5, 5.41) is 0.937. The summed E-state index contributed by atoms with van der Waals surface area (Å²) < 4.78 is 31.5. The topological polar surface area (TPSA) is 17.3 Å². The number of hydrogen-bond acceptors (Lipinski definition) is 1. The normalized spacial score (nSPS) is 12.7. The molecule has 2 nitrogen and oxygen atoms in total. The first-order valence-electron chi connectivity index (χ1n) is 8.41. The number of rotatable bonds is 5. The summed E-state index contributed by atoms with van der Waals surface area (Å²) in [4.78, 5) is 1.06. The fourth-order valence-electron chi connectivity index (χ4n) is 2.90. The van der Waals surface area contributed by atoms with E-state index in [4.69, 9.17) is 0 Å². The molecule has 2 aromatic carbocycles. The van der Waals surface area contributed by atoms with Gasteiger partial charge in [0, 0.05) is 15.5 Å². The Morgan fingerprint density at radius 1 is 1.12 bits per heavy atom. The van der Waals surface area contributed by atoms with E-state index < -0.39 is 4.83 Å². The fourth-order valence-corrected chi connectivity index (χ4v) is 4.21. The summed E-state index contributed by atoms with van der Waals surface area (Å²) in [5.74, 6) is -0.274. The molecule has 0 fully saturated rings. The minimum absolute atomic E-state index is 0.274. The van der Waals surface area contributed by atoms with Crippen LogP contribution in [0.1, 0.15) is 19.8 Å². The number of nitrogens with zero attached hydrogens (tertiary/aromatic N) is 2. The summed E-state index contributed by atoms with van der Waals surface area (Å²) in [6.07, 6.45) is 1.67. The van der Waals surface area contributed by atoms with Crippen LogP contribution in [0.2, 0.25) is 0 Å². The van der Waals surface area contributed by atoms with Gasteiger partial charge in [0.2, 0.25) is 0 Å². The van der Waals surface area contributed by atoms with Crippen molar-refractivity contribution in [3.63, 3.8) is 0 Å². The predicted octanol–water partition coefficient (Wildman–Crippen LogP) is 6.95. The molecule has 1 aromatic heterocycles. The van der Waals surface area contributed by atoms with Crippen molar-refractivity contribution in [3.8, 4) is 11.3 Å². The Bertz CT molecular complexity index is 930. The maximum atomic E-state index is 14.5. The third-order valence-electron chi connectivity index (χ3n) is 4.10. The lowest BCUT2D eigenvalue weighted by Gasteiger charge is -2.18. The molecule has 0 saturated carbocycles. The highest BCUT2D eigenvalue weighted by atomic mass is 127. The van der Waals surface area contributed by atoms with Gasteiger partial charge in [-0.1, -0.05) is 61.9 Å². The van der Waals surface area contributed by atoms with Gasteiger partial charge in [0.25, 0.3) is 0 Å². The van der Waals surface area contributed by atoms with Crippen molar-refractivity contribution >= 4 is 55.3 Å². The minimum atomic E-state index is -3.23. The van der Waals surface area contributed by atoms with E-state index in [2.05, 4.69) is 43.5 Å². The van der Waals surface area contributed by atoms with Crippen molar-refractivity contribution in [1.29, 1.82) is 0 Å². The van der Waals surface area contributed by atoms with Gasteiger partial charge in [-0.05, 0) is 56.6 Å². The summed E-state index contributed by atoms with van der Waals surface area (Å²) in [5.41, 5.74) is 2.35. The number of halogens is 4. The zero-order valence-corrected chi connectivity index (χ0v) is 18.0. The van der Waals surface area contributed by atoms with Crippen LogP contribution in [0.5, 0.6) is 0 Å². The SMILES string of the molecule is CCCCN=C(n1c(-c2ccccc2)c(I)c2ccccc21)C(F)(F)Br. The third-order valence-corrected chi connectivity index (χ3v) is 5.55. The fraction of sp³-hybridized carbons (Fsp3) is 0.250. The Labute approximate surface area is 173 Å². The molecule has 0 bridgehead atoms. The van der Waals surface area contributed by atoms with Crippen LogP contribution in [0.4, 0.5) is 8.78 Å². The molecule has 0 aliphatic rings. The van der Waals surface area contributed by atoms with Crippen LogP contribution in [0.15, 0.2) is 59.6 Å². The second-order valence-electron chi connectivity index (χ2n) is 5.94. The van der Waals surface area contributed by atoms with Gasteiger partial charge in [0.15, 0.2) is 5.84 Å². The summed E-state index contributed by atoms with van der Waals surface area (Å²) in [7, 11) is 0. The van der Waals surface area contributed by atoms with Crippen molar-refractivity contribution in [1.82, 2.24) is 4.57 Å². The molecule has 0 atom stereocenters. The molecule has 0 N–H and O–H groups in total. The van der Waals surface area contributed by atoms with E-state index in [0.717, 1.165) is 38.6 Å². The lowest BCUT2D eigenvalue weighted by Crippen LogP contribution is -2.29. The molecule has 1 heterocycles. The predicted molar refractivity (Wildman–Crippen MR) is 117 cm³/mol. The Kier molecular flexibility index (Phi) is 6.12. The van der Waals surface area contributed by atoms with Gasteiger partial charge in [-0.25, -0.2) is 0 Å². The van der Waals surface area contributed by atoms with Crippen molar-refractivity contribution in [2.45, 2.75) is 24.6 Å². The Morgan fingerprint density at radius 3 is 2.42 bits per heavy atom. The number of fused-ring (bicyclic) bond motifs is 1. The molecule has 0 saturated heterocycles. The van der Waals surface area contributed by atoms with Crippen molar-refractivity contribution in [2.75, 3.05) is 6.54 Å². The van der Waals surface area contributed by atoms with E-state index in [-0.39, 0.29) is 5.84 Å². The highest BCUT2D eigenvalue weighted by Crippen LogP contribution is 2.38. The molecule has 6 heteroatoms. The number of hydrogen-bond donors (Lipinski definition) is 0. The van der Waals surface area contributed by atoms with Gasteiger partial charge in [0.1, 0.15) is 0 Å². The number of unbranched alkanes of at least 4 members (excludes halogenated alkanes) is 1. The molecule has 0 amide bonds. The molecule has 0 aliphatic heterocycles. The first kappa shape index (κ1) is 19.5. The number of alkyl halides is 3.